The van der Waals surface area contributed by atoms with E-state index in [0.29, 0.717) is 13.1 Å². The Kier molecular flexibility index (Phi) is 5.43. The van der Waals surface area contributed by atoms with Gasteiger partial charge < -0.3 is 9.30 Å². The molecule has 4 aromatic rings. The van der Waals surface area contributed by atoms with Gasteiger partial charge >= 0.3 is 0 Å². The van der Waals surface area contributed by atoms with Gasteiger partial charge in [-0.1, -0.05) is 42.5 Å². The van der Waals surface area contributed by atoms with Crippen LogP contribution in [0.25, 0.3) is 5.65 Å². The predicted octanol–water partition coefficient (Wildman–Crippen LogP) is 3.54. The Balaban J connectivity index is 1.49. The van der Waals surface area contributed by atoms with E-state index in [-0.39, 0.29) is 12.3 Å². The quantitative estimate of drug-likeness (QED) is 0.500. The first-order valence-corrected chi connectivity index (χ1v) is 9.42. The summed E-state index contributed by atoms with van der Waals surface area (Å²) in [4.78, 5) is 23.9. The molecule has 0 N–H and O–H groups in total. The molecule has 0 fully saturated rings. The number of fused-ring (bicyclic) bond motifs is 1. The van der Waals surface area contributed by atoms with Gasteiger partial charge in [-0.2, -0.15) is 0 Å². The van der Waals surface area contributed by atoms with Crippen molar-refractivity contribution in [2.75, 3.05) is 6.54 Å². The molecule has 28 heavy (non-hydrogen) atoms. The molecule has 0 aliphatic carbocycles. The Labute approximate surface area is 164 Å². The molecule has 0 spiro atoms. The van der Waals surface area contributed by atoms with Gasteiger partial charge in [-0.3, -0.25) is 9.78 Å². The van der Waals surface area contributed by atoms with E-state index in [9.17, 15) is 4.79 Å². The number of pyridine rings is 2. The average Bonchev–Trinajstić information content (AvgIpc) is 3.15. The second-order valence-electron chi connectivity index (χ2n) is 6.75. The average molecular weight is 370 g/mol. The minimum Gasteiger partial charge on any atom is -0.338 e. The number of carbonyl (C=O) groups is 1. The molecule has 3 aromatic heterocycles. The SMILES string of the molecule is O=C(Cc1cn2ccccc2n1)N(CCc1ccccn1)Cc1ccccc1. The molecule has 1 amide bonds. The largest absolute Gasteiger partial charge is 0.338 e. The summed E-state index contributed by atoms with van der Waals surface area (Å²) in [6.45, 7) is 1.21. The molecule has 0 unspecified atom stereocenters. The second kappa shape index (κ2) is 8.48. The van der Waals surface area contributed by atoms with Crippen LogP contribution < -0.4 is 0 Å². The van der Waals surface area contributed by atoms with Gasteiger partial charge in [0.2, 0.25) is 5.91 Å². The molecule has 0 radical (unpaired) electrons. The fourth-order valence-electron chi connectivity index (χ4n) is 3.23. The van der Waals surface area contributed by atoms with Crippen LogP contribution in [0, 0.1) is 0 Å². The van der Waals surface area contributed by atoms with Crippen molar-refractivity contribution in [3.63, 3.8) is 0 Å². The van der Waals surface area contributed by atoms with Crippen LogP contribution >= 0.6 is 0 Å². The zero-order valence-corrected chi connectivity index (χ0v) is 15.6. The van der Waals surface area contributed by atoms with Gasteiger partial charge in [0.05, 0.1) is 12.1 Å². The Hall–Kier alpha value is -3.47. The maximum atomic E-state index is 13.1. The summed E-state index contributed by atoms with van der Waals surface area (Å²) in [7, 11) is 0. The van der Waals surface area contributed by atoms with Crippen LogP contribution in [0.15, 0.2) is 85.3 Å². The van der Waals surface area contributed by atoms with Crippen molar-refractivity contribution < 1.29 is 4.79 Å². The standard InChI is InChI=1S/C23H22N4O/c28-23(16-21-18-26-14-7-5-11-22(26)25-21)27(17-19-8-2-1-3-9-19)15-12-20-10-4-6-13-24-20/h1-11,13-14,18H,12,15-17H2. The summed E-state index contributed by atoms with van der Waals surface area (Å²) in [6, 6.07) is 21.8. The predicted molar refractivity (Wildman–Crippen MR) is 109 cm³/mol. The maximum Gasteiger partial charge on any atom is 0.228 e. The zero-order chi connectivity index (χ0) is 19.2. The number of amides is 1. The lowest BCUT2D eigenvalue weighted by Gasteiger charge is -2.22. The van der Waals surface area contributed by atoms with Gasteiger partial charge in [-0.15, -0.1) is 0 Å². The van der Waals surface area contributed by atoms with Crippen molar-refractivity contribution >= 4 is 11.6 Å². The second-order valence-corrected chi connectivity index (χ2v) is 6.75. The smallest absolute Gasteiger partial charge is 0.228 e. The minimum absolute atomic E-state index is 0.0724. The van der Waals surface area contributed by atoms with Gasteiger partial charge in [0.1, 0.15) is 5.65 Å². The van der Waals surface area contributed by atoms with Gasteiger partial charge in [-0.25, -0.2) is 4.98 Å². The van der Waals surface area contributed by atoms with Crippen molar-refractivity contribution in [1.82, 2.24) is 19.3 Å². The van der Waals surface area contributed by atoms with Gasteiger partial charge in [0.15, 0.2) is 0 Å². The van der Waals surface area contributed by atoms with Crippen molar-refractivity contribution in [2.24, 2.45) is 0 Å². The number of aromatic nitrogens is 3. The summed E-state index contributed by atoms with van der Waals surface area (Å²) >= 11 is 0. The van der Waals surface area contributed by atoms with Crippen LogP contribution in [0.3, 0.4) is 0 Å². The first-order chi connectivity index (χ1) is 13.8. The lowest BCUT2D eigenvalue weighted by molar-refractivity contribution is -0.131. The summed E-state index contributed by atoms with van der Waals surface area (Å²) in [6.07, 6.45) is 6.67. The number of benzene rings is 1. The molecule has 3 heterocycles. The van der Waals surface area contributed by atoms with Crippen LogP contribution in [0.1, 0.15) is 17.0 Å². The number of nitrogens with zero attached hydrogens (tertiary/aromatic N) is 4. The Morgan fingerprint density at radius 2 is 1.75 bits per heavy atom. The van der Waals surface area contributed by atoms with Crippen LogP contribution in [0.5, 0.6) is 0 Å². The molecule has 0 aliphatic rings. The van der Waals surface area contributed by atoms with E-state index >= 15 is 0 Å². The highest BCUT2D eigenvalue weighted by molar-refractivity contribution is 5.78. The van der Waals surface area contributed by atoms with Crippen LogP contribution in [0.4, 0.5) is 0 Å². The lowest BCUT2D eigenvalue weighted by atomic mass is 10.1. The van der Waals surface area contributed by atoms with E-state index in [2.05, 4.69) is 9.97 Å². The Bertz CT molecular complexity index is 1010. The molecule has 0 atom stereocenters. The molecule has 0 saturated carbocycles. The molecule has 140 valence electrons. The Morgan fingerprint density at radius 3 is 2.54 bits per heavy atom. The van der Waals surface area contributed by atoms with Gasteiger partial charge in [-0.05, 0) is 29.8 Å². The molecule has 0 aliphatic heterocycles. The molecular formula is C23H22N4O. The molecule has 0 bridgehead atoms. The van der Waals surface area contributed by atoms with Crippen LogP contribution in [-0.2, 0) is 24.2 Å². The summed E-state index contributed by atoms with van der Waals surface area (Å²) in [5.41, 5.74) is 3.74. The van der Waals surface area contributed by atoms with E-state index < -0.39 is 0 Å². The summed E-state index contributed by atoms with van der Waals surface area (Å²) in [5, 5.41) is 0. The highest BCUT2D eigenvalue weighted by Gasteiger charge is 2.16. The highest BCUT2D eigenvalue weighted by atomic mass is 16.2. The highest BCUT2D eigenvalue weighted by Crippen LogP contribution is 2.11. The summed E-state index contributed by atoms with van der Waals surface area (Å²) < 4.78 is 1.94. The number of carbonyl (C=O) groups excluding carboxylic acids is 1. The Morgan fingerprint density at radius 1 is 0.929 bits per heavy atom. The zero-order valence-electron chi connectivity index (χ0n) is 15.6. The summed E-state index contributed by atoms with van der Waals surface area (Å²) in [5.74, 6) is 0.0724. The third-order valence-electron chi connectivity index (χ3n) is 4.68. The van der Waals surface area contributed by atoms with Crippen molar-refractivity contribution in [3.05, 3.63) is 102 Å². The third kappa shape index (κ3) is 4.43. The fraction of sp³-hybridized carbons (Fsp3) is 0.174. The molecule has 5 heteroatoms. The normalized spacial score (nSPS) is 10.9. The van der Waals surface area contributed by atoms with E-state index in [1.807, 2.05) is 88.4 Å². The van der Waals surface area contributed by atoms with E-state index in [4.69, 9.17) is 0 Å². The van der Waals surface area contributed by atoms with Gasteiger partial charge in [0, 0.05) is 43.8 Å². The lowest BCUT2D eigenvalue weighted by Crippen LogP contribution is -2.33. The fourth-order valence-corrected chi connectivity index (χ4v) is 3.23. The number of hydrogen-bond acceptors (Lipinski definition) is 3. The monoisotopic (exact) mass is 370 g/mol. The minimum atomic E-state index is 0.0724. The van der Waals surface area contributed by atoms with Crippen molar-refractivity contribution in [1.29, 1.82) is 0 Å². The molecule has 4 rings (SSSR count). The van der Waals surface area contributed by atoms with Crippen molar-refractivity contribution in [3.8, 4) is 0 Å². The topological polar surface area (TPSA) is 50.5 Å². The number of hydrogen-bond donors (Lipinski definition) is 0. The van der Waals surface area contributed by atoms with E-state index in [0.717, 1.165) is 29.0 Å². The van der Waals surface area contributed by atoms with Crippen molar-refractivity contribution in [2.45, 2.75) is 19.4 Å². The maximum absolute atomic E-state index is 13.1. The number of rotatable bonds is 7. The molecule has 0 saturated heterocycles. The van der Waals surface area contributed by atoms with Crippen LogP contribution in [-0.4, -0.2) is 31.7 Å². The first kappa shape index (κ1) is 17.9. The first-order valence-electron chi connectivity index (χ1n) is 9.42. The molecular weight excluding hydrogens is 348 g/mol. The van der Waals surface area contributed by atoms with E-state index in [1.165, 1.54) is 0 Å². The molecule has 1 aromatic carbocycles. The van der Waals surface area contributed by atoms with E-state index in [1.54, 1.807) is 6.20 Å². The molecule has 5 nitrogen and oxygen atoms in total. The third-order valence-corrected chi connectivity index (χ3v) is 4.68. The van der Waals surface area contributed by atoms with Crippen LogP contribution in [0.2, 0.25) is 0 Å². The van der Waals surface area contributed by atoms with Gasteiger partial charge in [0.25, 0.3) is 0 Å². The number of imidazole rings is 1.